The minimum Gasteiger partial charge on any atom is -0.466 e. The molecule has 2 aliphatic rings. The Morgan fingerprint density at radius 1 is 1.39 bits per heavy atom. The van der Waals surface area contributed by atoms with Crippen LogP contribution in [0.2, 0.25) is 0 Å². The van der Waals surface area contributed by atoms with Crippen molar-refractivity contribution in [1.29, 1.82) is 0 Å². The van der Waals surface area contributed by atoms with Gasteiger partial charge in [-0.15, -0.1) is 24.0 Å². The van der Waals surface area contributed by atoms with Gasteiger partial charge in [0.25, 0.3) is 0 Å². The molecule has 2 heterocycles. The van der Waals surface area contributed by atoms with Crippen molar-refractivity contribution in [2.75, 3.05) is 39.9 Å². The molecule has 0 aromatic carbocycles. The minimum absolute atomic E-state index is 0. The maximum atomic E-state index is 11.9. The number of nitrogens with one attached hydrogen (secondary N) is 1. The monoisotopic (exact) mass is 439 g/mol. The summed E-state index contributed by atoms with van der Waals surface area (Å²) in [5.41, 5.74) is 0. The molecule has 2 saturated heterocycles. The van der Waals surface area contributed by atoms with Crippen molar-refractivity contribution in [3.63, 3.8) is 0 Å². The maximum Gasteiger partial charge on any atom is 0.310 e. The summed E-state index contributed by atoms with van der Waals surface area (Å²) < 4.78 is 10.8. The fourth-order valence-corrected chi connectivity index (χ4v) is 3.17. The summed E-state index contributed by atoms with van der Waals surface area (Å²) in [5, 5.41) is 3.40. The largest absolute Gasteiger partial charge is 0.466 e. The van der Waals surface area contributed by atoms with Crippen LogP contribution in [0.25, 0.3) is 0 Å². The first-order valence-electron chi connectivity index (χ1n) is 8.48. The topological polar surface area (TPSA) is 63.2 Å². The lowest BCUT2D eigenvalue weighted by atomic mass is 9.98. The average molecular weight is 439 g/mol. The van der Waals surface area contributed by atoms with Gasteiger partial charge >= 0.3 is 5.97 Å². The van der Waals surface area contributed by atoms with Crippen LogP contribution in [-0.4, -0.2) is 62.8 Å². The number of rotatable bonds is 5. The van der Waals surface area contributed by atoms with Gasteiger partial charge in [0.2, 0.25) is 0 Å². The number of carbonyl (C=O) groups excluding carboxylic acids is 1. The Balaban J connectivity index is 0.00000264. The number of esters is 1. The summed E-state index contributed by atoms with van der Waals surface area (Å²) in [7, 11) is 1.79. The van der Waals surface area contributed by atoms with E-state index in [1.165, 1.54) is 6.42 Å². The number of carbonyl (C=O) groups is 1. The van der Waals surface area contributed by atoms with Crippen LogP contribution in [-0.2, 0) is 14.3 Å². The molecule has 2 aliphatic heterocycles. The van der Waals surface area contributed by atoms with Crippen molar-refractivity contribution in [3.05, 3.63) is 0 Å². The summed E-state index contributed by atoms with van der Waals surface area (Å²) in [5.74, 6) is 0.763. The van der Waals surface area contributed by atoms with Gasteiger partial charge in [0.1, 0.15) is 0 Å². The fourth-order valence-electron chi connectivity index (χ4n) is 3.17. The Bertz CT molecular complexity index is 387. The molecule has 0 aromatic rings. The number of hydrogen-bond acceptors (Lipinski definition) is 4. The minimum atomic E-state index is -0.0815. The summed E-state index contributed by atoms with van der Waals surface area (Å²) in [6, 6.07) is 0. The normalized spacial score (nSPS) is 25.0. The zero-order valence-corrected chi connectivity index (χ0v) is 16.6. The van der Waals surface area contributed by atoms with Crippen LogP contribution in [0.4, 0.5) is 0 Å². The van der Waals surface area contributed by atoms with E-state index in [0.29, 0.717) is 19.3 Å². The SMILES string of the molecule is CCOC(=O)C1CCCN(C(=NC)NCCC2CCCO2)C1.I. The van der Waals surface area contributed by atoms with Gasteiger partial charge in [0.05, 0.1) is 18.6 Å². The molecule has 2 fully saturated rings. The Hall–Kier alpha value is -0.570. The molecular formula is C16H30IN3O3. The predicted octanol–water partition coefficient (Wildman–Crippen LogP) is 2.02. The number of likely N-dealkylation sites (tertiary alicyclic amines) is 1. The molecule has 2 atom stereocenters. The molecule has 0 spiro atoms. The van der Waals surface area contributed by atoms with Crippen molar-refractivity contribution in [1.82, 2.24) is 10.2 Å². The number of hydrogen-bond donors (Lipinski definition) is 1. The number of halogens is 1. The summed E-state index contributed by atoms with van der Waals surface area (Å²) in [4.78, 5) is 18.4. The van der Waals surface area contributed by atoms with Gasteiger partial charge in [-0.05, 0) is 39.0 Å². The predicted molar refractivity (Wildman–Crippen MR) is 101 cm³/mol. The Labute approximate surface area is 156 Å². The van der Waals surface area contributed by atoms with E-state index >= 15 is 0 Å². The van der Waals surface area contributed by atoms with Gasteiger partial charge in [-0.1, -0.05) is 0 Å². The number of nitrogens with zero attached hydrogens (tertiary/aromatic N) is 2. The summed E-state index contributed by atoms with van der Waals surface area (Å²) in [6.45, 7) is 5.69. The first-order valence-corrected chi connectivity index (χ1v) is 8.48. The Morgan fingerprint density at radius 3 is 2.87 bits per heavy atom. The molecule has 2 rings (SSSR count). The number of guanidine groups is 1. The first-order chi connectivity index (χ1) is 10.7. The zero-order chi connectivity index (χ0) is 15.8. The number of ether oxygens (including phenoxy) is 2. The van der Waals surface area contributed by atoms with Gasteiger partial charge in [-0.25, -0.2) is 0 Å². The van der Waals surface area contributed by atoms with Gasteiger partial charge < -0.3 is 19.7 Å². The lowest BCUT2D eigenvalue weighted by Crippen LogP contribution is -2.48. The molecule has 0 aromatic heterocycles. The van der Waals surface area contributed by atoms with Crippen molar-refractivity contribution in [2.45, 2.75) is 45.1 Å². The van der Waals surface area contributed by atoms with Gasteiger partial charge in [0.15, 0.2) is 5.96 Å². The van der Waals surface area contributed by atoms with Crippen molar-refractivity contribution >= 4 is 35.9 Å². The van der Waals surface area contributed by atoms with Crippen LogP contribution in [0.3, 0.4) is 0 Å². The second-order valence-electron chi connectivity index (χ2n) is 5.93. The van der Waals surface area contributed by atoms with E-state index < -0.39 is 0 Å². The van der Waals surface area contributed by atoms with E-state index in [9.17, 15) is 4.79 Å². The Morgan fingerprint density at radius 2 is 2.22 bits per heavy atom. The van der Waals surface area contributed by atoms with Crippen molar-refractivity contribution < 1.29 is 14.3 Å². The van der Waals surface area contributed by atoms with E-state index in [1.54, 1.807) is 7.05 Å². The molecule has 0 aliphatic carbocycles. The third-order valence-corrected chi connectivity index (χ3v) is 4.33. The van der Waals surface area contributed by atoms with E-state index in [-0.39, 0.29) is 35.9 Å². The third-order valence-electron chi connectivity index (χ3n) is 4.33. The summed E-state index contributed by atoms with van der Waals surface area (Å²) in [6.07, 6.45) is 5.63. The van der Waals surface area contributed by atoms with Crippen LogP contribution >= 0.6 is 24.0 Å². The van der Waals surface area contributed by atoms with Gasteiger partial charge in [0, 0.05) is 33.3 Å². The molecule has 23 heavy (non-hydrogen) atoms. The van der Waals surface area contributed by atoms with Gasteiger partial charge in [-0.3, -0.25) is 9.79 Å². The quantitative estimate of drug-likeness (QED) is 0.308. The van der Waals surface area contributed by atoms with E-state index in [1.807, 2.05) is 6.92 Å². The molecule has 0 radical (unpaired) electrons. The highest BCUT2D eigenvalue weighted by atomic mass is 127. The van der Waals surface area contributed by atoms with Gasteiger partial charge in [-0.2, -0.15) is 0 Å². The van der Waals surface area contributed by atoms with Crippen LogP contribution in [0.15, 0.2) is 4.99 Å². The molecule has 7 heteroatoms. The van der Waals surface area contributed by atoms with Crippen LogP contribution in [0, 0.1) is 5.92 Å². The third kappa shape index (κ3) is 6.45. The maximum absolute atomic E-state index is 11.9. The highest BCUT2D eigenvalue weighted by molar-refractivity contribution is 14.0. The van der Waals surface area contributed by atoms with E-state index in [0.717, 1.165) is 51.3 Å². The van der Waals surface area contributed by atoms with Crippen molar-refractivity contribution in [2.24, 2.45) is 10.9 Å². The average Bonchev–Trinajstić information content (AvgIpc) is 3.05. The highest BCUT2D eigenvalue weighted by Crippen LogP contribution is 2.18. The molecular weight excluding hydrogens is 409 g/mol. The second kappa shape index (κ2) is 11.1. The van der Waals surface area contributed by atoms with E-state index in [2.05, 4.69) is 15.2 Å². The molecule has 6 nitrogen and oxygen atoms in total. The molecule has 2 unspecified atom stereocenters. The standard InChI is InChI=1S/C16H29N3O3.HI/c1-3-21-15(20)13-6-4-10-19(12-13)16(17-2)18-9-8-14-7-5-11-22-14;/h13-14H,3-12H2,1-2H3,(H,17,18);1H. The number of piperidine rings is 1. The van der Waals surface area contributed by atoms with E-state index in [4.69, 9.17) is 9.47 Å². The first kappa shape index (κ1) is 20.5. The molecule has 1 N–H and O–H groups in total. The van der Waals surface area contributed by atoms with Crippen molar-refractivity contribution in [3.8, 4) is 0 Å². The lowest BCUT2D eigenvalue weighted by molar-refractivity contribution is -0.149. The molecule has 0 saturated carbocycles. The second-order valence-corrected chi connectivity index (χ2v) is 5.93. The lowest BCUT2D eigenvalue weighted by Gasteiger charge is -2.34. The smallest absolute Gasteiger partial charge is 0.310 e. The Kier molecular flexibility index (Phi) is 9.85. The fraction of sp³-hybridized carbons (Fsp3) is 0.875. The van der Waals surface area contributed by atoms with Crippen LogP contribution in [0.1, 0.15) is 39.0 Å². The number of aliphatic imine (C=N–C) groups is 1. The molecule has 0 amide bonds. The highest BCUT2D eigenvalue weighted by Gasteiger charge is 2.28. The summed E-state index contributed by atoms with van der Waals surface area (Å²) >= 11 is 0. The van der Waals surface area contributed by atoms with Crippen LogP contribution in [0.5, 0.6) is 0 Å². The molecule has 134 valence electrons. The zero-order valence-electron chi connectivity index (χ0n) is 14.3. The molecule has 0 bridgehead atoms. The van der Waals surface area contributed by atoms with Crippen LogP contribution < -0.4 is 5.32 Å².